The Labute approximate surface area is 131 Å². The normalized spacial score (nSPS) is 17.9. The summed E-state index contributed by atoms with van der Waals surface area (Å²) in [4.78, 5) is 0. The second-order valence-corrected chi connectivity index (χ2v) is 7.01. The average molecular weight is 287 g/mol. The van der Waals surface area contributed by atoms with Crippen molar-refractivity contribution in [3.63, 3.8) is 0 Å². The third kappa shape index (κ3) is 5.47. The molecular formula is C20H33N. The number of benzene rings is 1. The van der Waals surface area contributed by atoms with Gasteiger partial charge in [-0.2, -0.15) is 0 Å². The van der Waals surface area contributed by atoms with Crippen LogP contribution < -0.4 is 5.32 Å². The number of nitrogens with one attached hydrogen (secondary N) is 1. The van der Waals surface area contributed by atoms with Gasteiger partial charge >= 0.3 is 0 Å². The van der Waals surface area contributed by atoms with Crippen molar-refractivity contribution in [3.8, 4) is 0 Å². The molecule has 1 aliphatic rings. The monoisotopic (exact) mass is 287 g/mol. The summed E-state index contributed by atoms with van der Waals surface area (Å²) in [5, 5.41) is 3.78. The maximum atomic E-state index is 3.78. The van der Waals surface area contributed by atoms with Crippen LogP contribution >= 0.6 is 0 Å². The summed E-state index contributed by atoms with van der Waals surface area (Å²) in [6.07, 6.45) is 11.2. The quantitative estimate of drug-likeness (QED) is 0.678. The first-order chi connectivity index (χ1) is 10.2. The minimum atomic E-state index is 0.547. The number of aryl methyl sites for hydroxylation is 2. The average Bonchev–Trinajstić information content (AvgIpc) is 2.47. The van der Waals surface area contributed by atoms with Crippen molar-refractivity contribution in [3.05, 3.63) is 34.9 Å². The molecule has 0 bridgehead atoms. The van der Waals surface area contributed by atoms with Crippen molar-refractivity contribution in [2.24, 2.45) is 5.92 Å². The molecule has 0 heterocycles. The molecule has 1 N–H and O–H groups in total. The van der Waals surface area contributed by atoms with E-state index >= 15 is 0 Å². The Bertz CT molecular complexity index is 398. The molecule has 2 rings (SSSR count). The molecule has 1 fully saturated rings. The van der Waals surface area contributed by atoms with Crippen LogP contribution in [0.4, 0.5) is 0 Å². The Morgan fingerprint density at radius 2 is 1.71 bits per heavy atom. The smallest absolute Gasteiger partial charge is 0.0320 e. The zero-order chi connectivity index (χ0) is 15.1. The molecule has 1 unspecified atom stereocenters. The third-order valence-electron chi connectivity index (χ3n) is 4.88. The van der Waals surface area contributed by atoms with Gasteiger partial charge in [-0.15, -0.1) is 0 Å². The summed E-state index contributed by atoms with van der Waals surface area (Å²) in [6.45, 7) is 7.82. The van der Waals surface area contributed by atoms with Crippen molar-refractivity contribution in [2.75, 3.05) is 6.54 Å². The largest absolute Gasteiger partial charge is 0.310 e. The van der Waals surface area contributed by atoms with E-state index in [0.717, 1.165) is 12.5 Å². The summed E-state index contributed by atoms with van der Waals surface area (Å²) >= 11 is 0. The van der Waals surface area contributed by atoms with E-state index in [-0.39, 0.29) is 0 Å². The molecule has 0 spiro atoms. The predicted molar refractivity (Wildman–Crippen MR) is 92.8 cm³/mol. The standard InChI is InChI=1S/C20H33N/c1-4-12-21-20(11-10-18-8-6-5-7-9-18)19-14-16(2)13-17(3)15-19/h13-15,18,20-21H,4-12H2,1-3H3. The summed E-state index contributed by atoms with van der Waals surface area (Å²) in [5.74, 6) is 0.982. The lowest BCUT2D eigenvalue weighted by molar-refractivity contribution is 0.314. The summed E-state index contributed by atoms with van der Waals surface area (Å²) in [6, 6.07) is 7.58. The van der Waals surface area contributed by atoms with Gasteiger partial charge in [0.15, 0.2) is 0 Å². The van der Waals surface area contributed by atoms with Gasteiger partial charge in [0.1, 0.15) is 0 Å². The molecule has 1 aromatic carbocycles. The lowest BCUT2D eigenvalue weighted by Gasteiger charge is -2.25. The number of hydrogen-bond acceptors (Lipinski definition) is 1. The van der Waals surface area contributed by atoms with Gasteiger partial charge in [-0.1, -0.05) is 68.4 Å². The fourth-order valence-corrected chi connectivity index (χ4v) is 3.79. The van der Waals surface area contributed by atoms with Crippen LogP contribution in [0.25, 0.3) is 0 Å². The molecule has 1 aromatic rings. The van der Waals surface area contributed by atoms with Gasteiger partial charge in [0.05, 0.1) is 0 Å². The Kier molecular flexibility index (Phi) is 6.76. The highest BCUT2D eigenvalue weighted by Gasteiger charge is 2.17. The SMILES string of the molecule is CCCNC(CCC1CCCCC1)c1cc(C)cc(C)c1. The van der Waals surface area contributed by atoms with Gasteiger partial charge in [0.25, 0.3) is 0 Å². The zero-order valence-electron chi connectivity index (χ0n) is 14.3. The first kappa shape index (κ1) is 16.5. The highest BCUT2D eigenvalue weighted by Crippen LogP contribution is 2.30. The summed E-state index contributed by atoms with van der Waals surface area (Å²) in [7, 11) is 0. The van der Waals surface area contributed by atoms with Crippen LogP contribution in [0.15, 0.2) is 18.2 Å². The second-order valence-electron chi connectivity index (χ2n) is 7.01. The van der Waals surface area contributed by atoms with Crippen molar-refractivity contribution in [1.29, 1.82) is 0 Å². The van der Waals surface area contributed by atoms with Crippen molar-refractivity contribution in [2.45, 2.75) is 78.2 Å². The third-order valence-corrected chi connectivity index (χ3v) is 4.88. The molecule has 1 aliphatic carbocycles. The first-order valence-corrected chi connectivity index (χ1v) is 9.00. The van der Waals surface area contributed by atoms with Crippen LogP contribution in [0.2, 0.25) is 0 Å². The highest BCUT2D eigenvalue weighted by molar-refractivity contribution is 5.30. The van der Waals surface area contributed by atoms with Gasteiger partial charge < -0.3 is 5.32 Å². The molecule has 1 nitrogen and oxygen atoms in total. The zero-order valence-corrected chi connectivity index (χ0v) is 14.3. The maximum absolute atomic E-state index is 3.78. The van der Waals surface area contributed by atoms with Crippen LogP contribution in [-0.4, -0.2) is 6.54 Å². The predicted octanol–water partition coefficient (Wildman–Crippen LogP) is 5.70. The van der Waals surface area contributed by atoms with Crippen molar-refractivity contribution in [1.82, 2.24) is 5.32 Å². The number of hydrogen-bond donors (Lipinski definition) is 1. The second kappa shape index (κ2) is 8.58. The molecule has 0 aromatic heterocycles. The Balaban J connectivity index is 1.98. The minimum absolute atomic E-state index is 0.547. The molecule has 1 atom stereocenters. The highest BCUT2D eigenvalue weighted by atomic mass is 14.9. The lowest BCUT2D eigenvalue weighted by atomic mass is 9.84. The van der Waals surface area contributed by atoms with Gasteiger partial charge in [-0.25, -0.2) is 0 Å². The Morgan fingerprint density at radius 3 is 2.33 bits per heavy atom. The molecule has 1 saturated carbocycles. The molecule has 0 amide bonds. The molecule has 0 aliphatic heterocycles. The van der Waals surface area contributed by atoms with Gasteiger partial charge in [0.2, 0.25) is 0 Å². The van der Waals surface area contributed by atoms with Crippen LogP contribution in [0.1, 0.15) is 81.0 Å². The van der Waals surface area contributed by atoms with Gasteiger partial charge in [0, 0.05) is 6.04 Å². The van der Waals surface area contributed by atoms with Crippen LogP contribution in [0.3, 0.4) is 0 Å². The van der Waals surface area contributed by atoms with E-state index in [1.54, 1.807) is 0 Å². The van der Waals surface area contributed by atoms with E-state index in [0.29, 0.717) is 6.04 Å². The van der Waals surface area contributed by atoms with Crippen LogP contribution in [0, 0.1) is 19.8 Å². The van der Waals surface area contributed by atoms with E-state index in [2.05, 4.69) is 44.3 Å². The van der Waals surface area contributed by atoms with E-state index in [4.69, 9.17) is 0 Å². The fourth-order valence-electron chi connectivity index (χ4n) is 3.79. The molecule has 0 radical (unpaired) electrons. The Morgan fingerprint density at radius 1 is 1.05 bits per heavy atom. The van der Waals surface area contributed by atoms with Crippen molar-refractivity contribution < 1.29 is 0 Å². The molecule has 21 heavy (non-hydrogen) atoms. The lowest BCUT2D eigenvalue weighted by Crippen LogP contribution is -2.23. The minimum Gasteiger partial charge on any atom is -0.310 e. The molecular weight excluding hydrogens is 254 g/mol. The van der Waals surface area contributed by atoms with E-state index in [1.165, 1.54) is 68.1 Å². The molecule has 1 heteroatoms. The molecule has 0 saturated heterocycles. The summed E-state index contributed by atoms with van der Waals surface area (Å²) < 4.78 is 0. The van der Waals surface area contributed by atoms with Gasteiger partial charge in [-0.3, -0.25) is 0 Å². The Hall–Kier alpha value is -0.820. The van der Waals surface area contributed by atoms with Gasteiger partial charge in [-0.05, 0) is 51.1 Å². The maximum Gasteiger partial charge on any atom is 0.0320 e. The molecule has 118 valence electrons. The van der Waals surface area contributed by atoms with E-state index in [1.807, 2.05) is 0 Å². The van der Waals surface area contributed by atoms with E-state index < -0.39 is 0 Å². The first-order valence-electron chi connectivity index (χ1n) is 9.00. The number of rotatable bonds is 7. The van der Waals surface area contributed by atoms with E-state index in [9.17, 15) is 0 Å². The fraction of sp³-hybridized carbons (Fsp3) is 0.700. The van der Waals surface area contributed by atoms with Crippen LogP contribution in [-0.2, 0) is 0 Å². The summed E-state index contributed by atoms with van der Waals surface area (Å²) in [5.41, 5.74) is 4.29. The van der Waals surface area contributed by atoms with Crippen LogP contribution in [0.5, 0.6) is 0 Å². The topological polar surface area (TPSA) is 12.0 Å². The van der Waals surface area contributed by atoms with Crippen molar-refractivity contribution >= 4 is 0 Å².